The molecule has 0 saturated heterocycles. The number of hydrogen-bond donors (Lipinski definition) is 1. The Morgan fingerprint density at radius 2 is 1.83 bits per heavy atom. The van der Waals surface area contributed by atoms with Crippen molar-refractivity contribution in [2.45, 2.75) is 6.18 Å². The van der Waals surface area contributed by atoms with Crippen molar-refractivity contribution < 1.29 is 18.0 Å². The van der Waals surface area contributed by atoms with E-state index < -0.39 is 17.8 Å². The van der Waals surface area contributed by atoms with Crippen molar-refractivity contribution in [2.24, 2.45) is 7.05 Å². The summed E-state index contributed by atoms with van der Waals surface area (Å²) in [6.07, 6.45) is -3.09. The van der Waals surface area contributed by atoms with Crippen molar-refractivity contribution in [1.29, 1.82) is 0 Å². The number of alkyl halides is 3. The highest BCUT2D eigenvalue weighted by atomic mass is 35.5. The quantitative estimate of drug-likeness (QED) is 0.542. The van der Waals surface area contributed by atoms with Gasteiger partial charge in [0.25, 0.3) is 5.91 Å². The average Bonchev–Trinajstić information content (AvgIpc) is 3.26. The molecule has 0 unspecified atom stereocenters. The largest absolute Gasteiger partial charge is 0.433 e. The normalized spacial score (nSPS) is 11.8. The molecule has 0 atom stereocenters. The van der Waals surface area contributed by atoms with Crippen molar-refractivity contribution in [3.63, 3.8) is 0 Å². The molecule has 0 fully saturated rings. The molecule has 29 heavy (non-hydrogen) atoms. The third-order valence-corrected chi connectivity index (χ3v) is 4.30. The molecule has 0 spiro atoms. The predicted octanol–water partition coefficient (Wildman–Crippen LogP) is 4.05. The van der Waals surface area contributed by atoms with E-state index in [4.69, 9.17) is 11.6 Å². The van der Waals surface area contributed by atoms with Crippen LogP contribution in [0.4, 0.5) is 19.0 Å². The summed E-state index contributed by atoms with van der Waals surface area (Å²) >= 11 is 5.84. The van der Waals surface area contributed by atoms with Crippen LogP contribution in [-0.2, 0) is 13.2 Å². The van der Waals surface area contributed by atoms with Gasteiger partial charge in [-0.1, -0.05) is 23.7 Å². The topological polar surface area (TPSA) is 77.1 Å². The van der Waals surface area contributed by atoms with E-state index in [9.17, 15) is 18.0 Å². The third-order valence-electron chi connectivity index (χ3n) is 4.05. The summed E-state index contributed by atoms with van der Waals surface area (Å²) in [5, 5.41) is 10.7. The molecular formula is C18H12ClF3N6O. The Labute approximate surface area is 166 Å². The van der Waals surface area contributed by atoms with Crippen LogP contribution in [0.25, 0.3) is 16.9 Å². The maximum Gasteiger partial charge on any atom is 0.433 e. The van der Waals surface area contributed by atoms with Gasteiger partial charge in [-0.25, -0.2) is 9.50 Å². The van der Waals surface area contributed by atoms with Crippen molar-refractivity contribution in [2.75, 3.05) is 5.32 Å². The van der Waals surface area contributed by atoms with E-state index in [1.165, 1.54) is 10.7 Å². The molecule has 0 aliphatic heterocycles. The van der Waals surface area contributed by atoms with Gasteiger partial charge in [0.05, 0.1) is 5.69 Å². The van der Waals surface area contributed by atoms with Crippen molar-refractivity contribution in [3.8, 4) is 11.3 Å². The van der Waals surface area contributed by atoms with Gasteiger partial charge >= 0.3 is 6.18 Å². The van der Waals surface area contributed by atoms with E-state index in [1.807, 2.05) is 0 Å². The second-order valence-corrected chi connectivity index (χ2v) is 6.60. The van der Waals surface area contributed by atoms with Gasteiger partial charge in [-0.3, -0.25) is 9.48 Å². The van der Waals surface area contributed by atoms with Crippen LogP contribution >= 0.6 is 11.6 Å². The molecule has 7 nitrogen and oxygen atoms in total. The molecule has 3 heterocycles. The Balaban J connectivity index is 1.79. The van der Waals surface area contributed by atoms with E-state index in [1.54, 1.807) is 43.6 Å². The molecule has 3 aromatic heterocycles. The highest BCUT2D eigenvalue weighted by molar-refractivity contribution is 6.30. The number of benzene rings is 1. The highest BCUT2D eigenvalue weighted by Crippen LogP contribution is 2.32. The Morgan fingerprint density at radius 3 is 2.45 bits per heavy atom. The van der Waals surface area contributed by atoms with E-state index in [-0.39, 0.29) is 22.9 Å². The SMILES string of the molecule is Cn1ccc(NC(=O)c2cc3nc(-c4ccc(Cl)cc4)cc(C(F)(F)F)n3n2)n1. The maximum atomic E-state index is 13.6. The summed E-state index contributed by atoms with van der Waals surface area (Å²) in [5.74, 6) is -0.448. The number of amides is 1. The number of hydrogen-bond acceptors (Lipinski definition) is 4. The zero-order chi connectivity index (χ0) is 20.8. The number of carbonyl (C=O) groups excluding carboxylic acids is 1. The summed E-state index contributed by atoms with van der Waals surface area (Å²) in [4.78, 5) is 16.6. The Hall–Kier alpha value is -3.40. The molecule has 0 radical (unpaired) electrons. The number of nitrogens with zero attached hydrogens (tertiary/aromatic N) is 5. The predicted molar refractivity (Wildman–Crippen MR) is 99.6 cm³/mol. The zero-order valence-corrected chi connectivity index (χ0v) is 15.5. The second-order valence-electron chi connectivity index (χ2n) is 6.16. The lowest BCUT2D eigenvalue weighted by Crippen LogP contribution is -2.16. The van der Waals surface area contributed by atoms with Gasteiger partial charge in [0, 0.05) is 36.0 Å². The first-order valence-electron chi connectivity index (χ1n) is 8.26. The van der Waals surface area contributed by atoms with Crippen molar-refractivity contribution in [3.05, 3.63) is 65.1 Å². The Kier molecular flexibility index (Phi) is 4.50. The van der Waals surface area contributed by atoms with Crippen LogP contribution in [0.1, 0.15) is 16.2 Å². The lowest BCUT2D eigenvalue weighted by molar-refractivity contribution is -0.142. The molecule has 0 bridgehead atoms. The Morgan fingerprint density at radius 1 is 1.10 bits per heavy atom. The van der Waals surface area contributed by atoms with E-state index in [2.05, 4.69) is 20.5 Å². The van der Waals surface area contributed by atoms with Gasteiger partial charge in [-0.05, 0) is 18.2 Å². The molecule has 0 aliphatic rings. The molecule has 4 aromatic rings. The van der Waals surface area contributed by atoms with Gasteiger partial charge in [-0.2, -0.15) is 23.4 Å². The molecule has 1 aromatic carbocycles. The number of carbonyl (C=O) groups is 1. The van der Waals surface area contributed by atoms with Gasteiger partial charge in [0.1, 0.15) is 0 Å². The third kappa shape index (κ3) is 3.79. The number of nitrogens with one attached hydrogen (secondary N) is 1. The van der Waals surface area contributed by atoms with Crippen LogP contribution < -0.4 is 5.32 Å². The monoisotopic (exact) mass is 420 g/mol. The number of anilines is 1. The van der Waals surface area contributed by atoms with Gasteiger partial charge < -0.3 is 5.32 Å². The number of aryl methyl sites for hydroxylation is 1. The van der Waals surface area contributed by atoms with Gasteiger partial charge in [0.15, 0.2) is 22.9 Å². The highest BCUT2D eigenvalue weighted by Gasteiger charge is 2.35. The zero-order valence-electron chi connectivity index (χ0n) is 14.8. The standard InChI is InChI=1S/C18H12ClF3N6O/c1-27-7-6-15(26-27)24-17(29)13-9-16-23-12(10-2-4-11(19)5-3-10)8-14(18(20,21)22)28(16)25-13/h2-9H,1H3,(H,24,26,29). The van der Waals surface area contributed by atoms with Crippen LogP contribution in [0.5, 0.6) is 0 Å². The van der Waals surface area contributed by atoms with Crippen LogP contribution in [-0.4, -0.2) is 30.3 Å². The second kappa shape index (κ2) is 6.89. The van der Waals surface area contributed by atoms with Gasteiger partial charge in [0.2, 0.25) is 0 Å². The van der Waals surface area contributed by atoms with Crippen LogP contribution in [0.15, 0.2) is 48.7 Å². The first kappa shape index (κ1) is 18.9. The summed E-state index contributed by atoms with van der Waals surface area (Å²) in [6, 6.07) is 9.84. The molecular weight excluding hydrogens is 409 g/mol. The Bertz CT molecular complexity index is 1210. The number of fused-ring (bicyclic) bond motifs is 1. The first-order chi connectivity index (χ1) is 13.7. The summed E-state index contributed by atoms with van der Waals surface area (Å²) in [7, 11) is 1.67. The number of rotatable bonds is 3. The lowest BCUT2D eigenvalue weighted by Gasteiger charge is -2.11. The van der Waals surface area contributed by atoms with Crippen LogP contribution in [0, 0.1) is 0 Å². The van der Waals surface area contributed by atoms with E-state index >= 15 is 0 Å². The van der Waals surface area contributed by atoms with Crippen LogP contribution in [0.2, 0.25) is 5.02 Å². The minimum Gasteiger partial charge on any atom is -0.304 e. The summed E-state index contributed by atoms with van der Waals surface area (Å²) < 4.78 is 42.9. The first-order valence-corrected chi connectivity index (χ1v) is 8.63. The number of halogens is 4. The molecule has 0 saturated carbocycles. The van der Waals surface area contributed by atoms with Crippen LogP contribution in [0.3, 0.4) is 0 Å². The maximum absolute atomic E-state index is 13.6. The summed E-state index contributed by atoms with van der Waals surface area (Å²) in [5.41, 5.74) is -0.858. The average molecular weight is 421 g/mol. The smallest absolute Gasteiger partial charge is 0.304 e. The molecule has 1 N–H and O–H groups in total. The summed E-state index contributed by atoms with van der Waals surface area (Å²) in [6.45, 7) is 0. The van der Waals surface area contributed by atoms with E-state index in [0.29, 0.717) is 15.1 Å². The minimum atomic E-state index is -4.71. The molecule has 4 rings (SSSR count). The fourth-order valence-corrected chi connectivity index (χ4v) is 2.84. The molecule has 1 amide bonds. The fraction of sp³-hybridized carbons (Fsp3) is 0.111. The fourth-order valence-electron chi connectivity index (χ4n) is 2.72. The number of aromatic nitrogens is 5. The molecule has 11 heteroatoms. The lowest BCUT2D eigenvalue weighted by atomic mass is 10.1. The van der Waals surface area contributed by atoms with Gasteiger partial charge in [-0.15, -0.1) is 0 Å². The van der Waals surface area contributed by atoms with Crippen molar-refractivity contribution >= 4 is 29.0 Å². The van der Waals surface area contributed by atoms with Crippen molar-refractivity contribution in [1.82, 2.24) is 24.4 Å². The molecule has 0 aliphatic carbocycles. The molecule has 148 valence electrons. The van der Waals surface area contributed by atoms with E-state index in [0.717, 1.165) is 6.07 Å². The minimum absolute atomic E-state index is 0.0816.